The summed E-state index contributed by atoms with van der Waals surface area (Å²) >= 11 is 0. The van der Waals surface area contributed by atoms with Gasteiger partial charge < -0.3 is 19.1 Å². The van der Waals surface area contributed by atoms with Crippen LogP contribution in [0.25, 0.3) is 28.4 Å². The maximum atomic E-state index is 15.4. The highest BCUT2D eigenvalue weighted by Gasteiger charge is 2.18. The van der Waals surface area contributed by atoms with Crippen molar-refractivity contribution in [3.63, 3.8) is 0 Å². The molecule has 0 bridgehead atoms. The third-order valence-electron chi connectivity index (χ3n) is 7.65. The van der Waals surface area contributed by atoms with Crippen molar-refractivity contribution in [2.45, 2.75) is 32.4 Å². The first kappa shape index (κ1) is 29.2. The molecule has 0 spiro atoms. The quantitative estimate of drug-likeness (QED) is 0.163. The number of hydrogen-bond acceptors (Lipinski definition) is 5. The summed E-state index contributed by atoms with van der Waals surface area (Å²) in [5.41, 5.74) is 4.18. The molecule has 2 aromatic heterocycles. The van der Waals surface area contributed by atoms with E-state index in [0.29, 0.717) is 64.2 Å². The van der Waals surface area contributed by atoms with Gasteiger partial charge in [-0.05, 0) is 66.3 Å². The van der Waals surface area contributed by atoms with Crippen LogP contribution in [-0.2, 0) is 24.3 Å². The molecule has 1 N–H and O–H groups in total. The third-order valence-corrected chi connectivity index (χ3v) is 7.65. The molecule has 1 aliphatic rings. The molecule has 1 saturated carbocycles. The molecule has 9 heteroatoms. The number of methoxy groups -OCH3 is 1. The lowest BCUT2D eigenvalue weighted by Crippen LogP contribution is -2.10. The van der Waals surface area contributed by atoms with Crippen molar-refractivity contribution in [1.82, 2.24) is 14.5 Å². The molecule has 224 valence electrons. The van der Waals surface area contributed by atoms with Crippen LogP contribution in [0.5, 0.6) is 5.88 Å². The van der Waals surface area contributed by atoms with Gasteiger partial charge in [-0.15, -0.1) is 0 Å². The summed E-state index contributed by atoms with van der Waals surface area (Å²) < 4.78 is 43.0. The molecule has 0 saturated heterocycles. The Morgan fingerprint density at radius 3 is 2.57 bits per heavy atom. The van der Waals surface area contributed by atoms with Gasteiger partial charge in [-0.1, -0.05) is 42.5 Å². The second-order valence-electron chi connectivity index (χ2n) is 10.9. The lowest BCUT2D eigenvalue weighted by atomic mass is 10.1. The van der Waals surface area contributed by atoms with E-state index in [4.69, 9.17) is 9.47 Å². The van der Waals surface area contributed by atoms with Crippen LogP contribution in [0, 0.1) is 17.6 Å². The fourth-order valence-corrected chi connectivity index (χ4v) is 5.02. The number of ether oxygens (including phenoxy) is 2. The SMILES string of the molecule is COCCn1c(Cc2ccc(-c3cccc(OCc4ccc(C=CC5CC5)cc4F)n3)cc2F)nc2ccc(C(=O)O)cc21. The summed E-state index contributed by atoms with van der Waals surface area (Å²) in [5, 5.41) is 9.43. The molecule has 5 aromatic rings. The number of rotatable bonds is 12. The van der Waals surface area contributed by atoms with E-state index in [0.717, 1.165) is 5.56 Å². The molecule has 0 aliphatic heterocycles. The highest BCUT2D eigenvalue weighted by atomic mass is 19.1. The van der Waals surface area contributed by atoms with Crippen LogP contribution in [-0.4, -0.2) is 39.3 Å². The Kier molecular flexibility index (Phi) is 8.47. The number of imidazole rings is 1. The van der Waals surface area contributed by atoms with E-state index >= 15 is 4.39 Å². The number of aromatic nitrogens is 3. The maximum Gasteiger partial charge on any atom is 0.335 e. The molecule has 44 heavy (non-hydrogen) atoms. The Labute approximate surface area is 253 Å². The van der Waals surface area contributed by atoms with Crippen molar-refractivity contribution in [2.75, 3.05) is 13.7 Å². The van der Waals surface area contributed by atoms with Crippen LogP contribution in [0.3, 0.4) is 0 Å². The smallest absolute Gasteiger partial charge is 0.335 e. The highest BCUT2D eigenvalue weighted by Crippen LogP contribution is 2.31. The molecular weight excluding hydrogens is 564 g/mol. The zero-order valence-corrected chi connectivity index (χ0v) is 24.2. The Balaban J connectivity index is 1.17. The van der Waals surface area contributed by atoms with Gasteiger partial charge in [0.15, 0.2) is 0 Å². The third kappa shape index (κ3) is 6.68. The molecule has 1 fully saturated rings. The van der Waals surface area contributed by atoms with Gasteiger partial charge in [0.1, 0.15) is 24.1 Å². The van der Waals surface area contributed by atoms with E-state index < -0.39 is 11.8 Å². The lowest BCUT2D eigenvalue weighted by molar-refractivity contribution is 0.0697. The van der Waals surface area contributed by atoms with Gasteiger partial charge >= 0.3 is 5.97 Å². The Morgan fingerprint density at radius 1 is 1.00 bits per heavy atom. The summed E-state index contributed by atoms with van der Waals surface area (Å²) in [5.74, 6) is -0.276. The van der Waals surface area contributed by atoms with Crippen LogP contribution in [0.15, 0.2) is 78.9 Å². The maximum absolute atomic E-state index is 15.4. The zero-order valence-electron chi connectivity index (χ0n) is 24.2. The molecule has 7 nitrogen and oxygen atoms in total. The van der Waals surface area contributed by atoms with E-state index in [1.807, 2.05) is 16.7 Å². The lowest BCUT2D eigenvalue weighted by Gasteiger charge is -2.11. The predicted octanol–water partition coefficient (Wildman–Crippen LogP) is 7.31. The average molecular weight is 596 g/mol. The molecule has 1 aliphatic carbocycles. The van der Waals surface area contributed by atoms with Gasteiger partial charge in [0.25, 0.3) is 0 Å². The second kappa shape index (κ2) is 12.8. The van der Waals surface area contributed by atoms with Gasteiger partial charge in [-0.2, -0.15) is 0 Å². The van der Waals surface area contributed by atoms with E-state index in [9.17, 15) is 14.3 Å². The van der Waals surface area contributed by atoms with Gasteiger partial charge in [-0.3, -0.25) is 0 Å². The number of hydrogen-bond donors (Lipinski definition) is 1. The number of nitrogens with zero attached hydrogens (tertiary/aromatic N) is 3. The van der Waals surface area contributed by atoms with Crippen LogP contribution in [0.1, 0.15) is 45.7 Å². The van der Waals surface area contributed by atoms with E-state index in [1.165, 1.54) is 31.0 Å². The van der Waals surface area contributed by atoms with Gasteiger partial charge in [0.05, 0.1) is 28.9 Å². The van der Waals surface area contributed by atoms with Crippen molar-refractivity contribution in [3.05, 3.63) is 119 Å². The fourth-order valence-electron chi connectivity index (χ4n) is 5.02. The van der Waals surface area contributed by atoms with E-state index in [1.54, 1.807) is 55.6 Å². The van der Waals surface area contributed by atoms with Crippen molar-refractivity contribution < 1.29 is 28.2 Å². The number of carboxylic acids is 1. The Bertz CT molecular complexity index is 1860. The van der Waals surface area contributed by atoms with Crippen molar-refractivity contribution >= 4 is 23.1 Å². The second-order valence-corrected chi connectivity index (χ2v) is 10.9. The van der Waals surface area contributed by atoms with Crippen LogP contribution in [0.2, 0.25) is 0 Å². The first-order valence-corrected chi connectivity index (χ1v) is 14.4. The summed E-state index contributed by atoms with van der Waals surface area (Å²) in [6.07, 6.45) is 6.67. The van der Waals surface area contributed by atoms with Gasteiger partial charge in [0.2, 0.25) is 5.88 Å². The minimum Gasteiger partial charge on any atom is -0.478 e. The molecule has 0 unspecified atom stereocenters. The number of halogens is 2. The number of fused-ring (bicyclic) bond motifs is 1. The Morgan fingerprint density at radius 2 is 1.82 bits per heavy atom. The van der Waals surface area contributed by atoms with E-state index in [2.05, 4.69) is 16.0 Å². The minimum atomic E-state index is -1.03. The number of benzene rings is 3. The number of allylic oxidation sites excluding steroid dienone is 1. The molecule has 0 atom stereocenters. The zero-order chi connectivity index (χ0) is 30.6. The number of pyridine rings is 1. The summed E-state index contributed by atoms with van der Waals surface area (Å²) in [6, 6.07) is 19.9. The van der Waals surface area contributed by atoms with Gasteiger partial charge in [-0.25, -0.2) is 23.5 Å². The highest BCUT2D eigenvalue weighted by molar-refractivity contribution is 5.92. The molecule has 0 radical (unpaired) electrons. The summed E-state index contributed by atoms with van der Waals surface area (Å²) in [7, 11) is 1.58. The van der Waals surface area contributed by atoms with Crippen LogP contribution in [0.4, 0.5) is 8.78 Å². The standard InChI is InChI=1S/C35H31F2N3O4/c1-43-16-15-40-32-19-26(35(41)42)13-14-31(32)38-33(40)20-24-11-12-25(18-29(24)37)30-3-2-4-34(39-30)44-21-27-10-9-23(17-28(27)36)8-7-22-5-6-22/h2-4,7-14,17-19,22H,5-6,15-16,20-21H2,1H3,(H,41,42). The molecule has 0 amide bonds. The molecule has 2 heterocycles. The monoisotopic (exact) mass is 595 g/mol. The topological polar surface area (TPSA) is 86.5 Å². The van der Waals surface area contributed by atoms with Gasteiger partial charge in [0, 0.05) is 37.3 Å². The largest absolute Gasteiger partial charge is 0.478 e. The summed E-state index contributed by atoms with van der Waals surface area (Å²) in [6.45, 7) is 0.838. The summed E-state index contributed by atoms with van der Waals surface area (Å²) in [4.78, 5) is 20.7. The van der Waals surface area contributed by atoms with Crippen molar-refractivity contribution in [1.29, 1.82) is 0 Å². The minimum absolute atomic E-state index is 0.0141. The van der Waals surface area contributed by atoms with Crippen LogP contribution < -0.4 is 4.74 Å². The first-order valence-electron chi connectivity index (χ1n) is 14.4. The molecule has 3 aromatic carbocycles. The predicted molar refractivity (Wildman–Crippen MR) is 163 cm³/mol. The fraction of sp³-hybridized carbons (Fsp3) is 0.229. The molecule has 6 rings (SSSR count). The Hall–Kier alpha value is -4.89. The van der Waals surface area contributed by atoms with Crippen LogP contribution >= 0.6 is 0 Å². The van der Waals surface area contributed by atoms with Crippen molar-refractivity contribution in [3.8, 4) is 17.1 Å². The number of aromatic carboxylic acids is 1. The first-order chi connectivity index (χ1) is 21.4. The molecular formula is C35H31F2N3O4. The van der Waals surface area contributed by atoms with Crippen molar-refractivity contribution in [2.24, 2.45) is 5.92 Å². The number of carboxylic acid groups (broad SMARTS) is 1. The normalized spacial score (nSPS) is 13.2. The average Bonchev–Trinajstić information content (AvgIpc) is 3.79. The number of carbonyl (C=O) groups is 1. The van der Waals surface area contributed by atoms with E-state index in [-0.39, 0.29) is 24.4 Å².